The lowest BCUT2D eigenvalue weighted by molar-refractivity contribution is 0.411. The minimum atomic E-state index is -0.261. The summed E-state index contributed by atoms with van der Waals surface area (Å²) in [5.74, 6) is 0.510. The SMILES string of the molecule is CCNC(c1ccc(OC)c(Br)c1)c1cccc(F)c1Br. The Kier molecular flexibility index (Phi) is 5.79. The molecule has 0 radical (unpaired) electrons. The van der Waals surface area contributed by atoms with Crippen LogP contribution in [0.15, 0.2) is 45.3 Å². The molecule has 0 amide bonds. The maximum Gasteiger partial charge on any atom is 0.137 e. The Labute approximate surface area is 141 Å². The molecule has 1 N–H and O–H groups in total. The third-order valence-electron chi connectivity index (χ3n) is 3.21. The van der Waals surface area contributed by atoms with Gasteiger partial charge in [0.05, 0.1) is 22.1 Å². The molecule has 2 aromatic carbocycles. The van der Waals surface area contributed by atoms with Crippen LogP contribution in [0.3, 0.4) is 0 Å². The number of methoxy groups -OCH3 is 1. The van der Waals surface area contributed by atoms with Gasteiger partial charge in [0.15, 0.2) is 0 Å². The average Bonchev–Trinajstić information content (AvgIpc) is 2.48. The van der Waals surface area contributed by atoms with E-state index < -0.39 is 0 Å². The van der Waals surface area contributed by atoms with Gasteiger partial charge in [0.2, 0.25) is 0 Å². The van der Waals surface area contributed by atoms with Crippen molar-refractivity contribution in [3.05, 3.63) is 62.3 Å². The highest BCUT2D eigenvalue weighted by Crippen LogP contribution is 2.34. The molecule has 0 aliphatic heterocycles. The average molecular weight is 417 g/mol. The maximum absolute atomic E-state index is 13.8. The quantitative estimate of drug-likeness (QED) is 0.735. The van der Waals surface area contributed by atoms with Crippen LogP contribution < -0.4 is 10.1 Å². The molecule has 0 aliphatic carbocycles. The van der Waals surface area contributed by atoms with Crippen molar-refractivity contribution >= 4 is 31.9 Å². The van der Waals surface area contributed by atoms with E-state index in [4.69, 9.17) is 4.74 Å². The lowest BCUT2D eigenvalue weighted by Crippen LogP contribution is -2.22. The molecule has 21 heavy (non-hydrogen) atoms. The van der Waals surface area contributed by atoms with Gasteiger partial charge in [-0.05, 0) is 67.7 Å². The first-order chi connectivity index (χ1) is 10.1. The number of nitrogens with one attached hydrogen (secondary N) is 1. The van der Waals surface area contributed by atoms with Crippen molar-refractivity contribution in [3.8, 4) is 5.75 Å². The Morgan fingerprint density at radius 1 is 1.24 bits per heavy atom. The van der Waals surface area contributed by atoms with E-state index in [0.717, 1.165) is 27.9 Å². The molecular formula is C16H16Br2FNO. The van der Waals surface area contributed by atoms with Gasteiger partial charge in [0, 0.05) is 0 Å². The molecule has 0 spiro atoms. The molecule has 0 saturated heterocycles. The zero-order valence-corrected chi connectivity index (χ0v) is 15.0. The summed E-state index contributed by atoms with van der Waals surface area (Å²) in [7, 11) is 1.63. The van der Waals surface area contributed by atoms with E-state index in [2.05, 4.69) is 37.2 Å². The Hall–Kier alpha value is -0.910. The first-order valence-corrected chi connectivity index (χ1v) is 8.17. The molecule has 2 aromatic rings. The zero-order valence-electron chi connectivity index (χ0n) is 11.8. The Morgan fingerprint density at radius 2 is 2.00 bits per heavy atom. The molecule has 0 aromatic heterocycles. The van der Waals surface area contributed by atoms with Gasteiger partial charge in [-0.2, -0.15) is 0 Å². The summed E-state index contributed by atoms with van der Waals surface area (Å²) in [4.78, 5) is 0. The van der Waals surface area contributed by atoms with E-state index >= 15 is 0 Å². The van der Waals surface area contributed by atoms with Crippen LogP contribution in [0.1, 0.15) is 24.1 Å². The third kappa shape index (κ3) is 3.65. The van der Waals surface area contributed by atoms with Crippen LogP contribution in [0, 0.1) is 5.82 Å². The first kappa shape index (κ1) is 16.5. The monoisotopic (exact) mass is 415 g/mol. The number of hydrogen-bond donors (Lipinski definition) is 1. The number of benzene rings is 2. The van der Waals surface area contributed by atoms with Crippen LogP contribution in [0.25, 0.3) is 0 Å². The number of ether oxygens (including phenoxy) is 1. The maximum atomic E-state index is 13.8. The predicted octanol–water partition coefficient (Wildman–Crippen LogP) is 5.06. The highest BCUT2D eigenvalue weighted by Gasteiger charge is 2.18. The molecule has 0 saturated carbocycles. The van der Waals surface area contributed by atoms with E-state index in [1.807, 2.05) is 31.2 Å². The van der Waals surface area contributed by atoms with Gasteiger partial charge < -0.3 is 10.1 Å². The minimum absolute atomic E-state index is 0.0951. The van der Waals surface area contributed by atoms with Crippen LogP contribution in [-0.2, 0) is 0 Å². The Morgan fingerprint density at radius 3 is 2.62 bits per heavy atom. The second kappa shape index (κ2) is 7.38. The van der Waals surface area contributed by atoms with Gasteiger partial charge >= 0.3 is 0 Å². The second-order valence-electron chi connectivity index (χ2n) is 4.53. The van der Waals surface area contributed by atoms with Crippen LogP contribution in [0.4, 0.5) is 4.39 Å². The summed E-state index contributed by atoms with van der Waals surface area (Å²) < 4.78 is 20.4. The second-order valence-corrected chi connectivity index (χ2v) is 6.18. The van der Waals surface area contributed by atoms with E-state index in [-0.39, 0.29) is 11.9 Å². The molecule has 5 heteroatoms. The van der Waals surface area contributed by atoms with Crippen LogP contribution in [0.5, 0.6) is 5.75 Å². The van der Waals surface area contributed by atoms with Crippen molar-refractivity contribution in [1.82, 2.24) is 5.32 Å². The zero-order chi connectivity index (χ0) is 15.4. The molecule has 0 heterocycles. The molecule has 2 nitrogen and oxygen atoms in total. The van der Waals surface area contributed by atoms with Crippen LogP contribution in [0.2, 0.25) is 0 Å². The number of hydrogen-bond acceptors (Lipinski definition) is 2. The van der Waals surface area contributed by atoms with Crippen molar-refractivity contribution in [1.29, 1.82) is 0 Å². The topological polar surface area (TPSA) is 21.3 Å². The smallest absolute Gasteiger partial charge is 0.137 e. The van der Waals surface area contributed by atoms with Gasteiger partial charge in [-0.15, -0.1) is 0 Å². The van der Waals surface area contributed by atoms with Gasteiger partial charge in [0.1, 0.15) is 11.6 Å². The Balaban J connectivity index is 2.48. The largest absolute Gasteiger partial charge is 0.496 e. The highest BCUT2D eigenvalue weighted by molar-refractivity contribution is 9.10. The molecule has 2 rings (SSSR count). The molecule has 1 unspecified atom stereocenters. The summed E-state index contributed by atoms with van der Waals surface area (Å²) in [6, 6.07) is 10.9. The van der Waals surface area contributed by atoms with Crippen molar-refractivity contribution < 1.29 is 9.13 Å². The standard InChI is InChI=1S/C16H16Br2FNO/c1-3-20-16(11-5-4-6-13(19)15(11)18)10-7-8-14(21-2)12(17)9-10/h4-9,16,20H,3H2,1-2H3. The predicted molar refractivity (Wildman–Crippen MR) is 90.3 cm³/mol. The van der Waals surface area contributed by atoms with E-state index in [1.54, 1.807) is 13.2 Å². The van der Waals surface area contributed by atoms with Gasteiger partial charge in [-0.3, -0.25) is 0 Å². The molecular weight excluding hydrogens is 401 g/mol. The molecule has 112 valence electrons. The summed E-state index contributed by atoms with van der Waals surface area (Å²) in [6.07, 6.45) is 0. The highest BCUT2D eigenvalue weighted by atomic mass is 79.9. The third-order valence-corrected chi connectivity index (χ3v) is 4.67. The summed E-state index contributed by atoms with van der Waals surface area (Å²) in [5.41, 5.74) is 1.91. The summed E-state index contributed by atoms with van der Waals surface area (Å²) >= 11 is 6.84. The summed E-state index contributed by atoms with van der Waals surface area (Å²) in [5, 5.41) is 3.39. The fourth-order valence-corrected chi connectivity index (χ4v) is 3.27. The van der Waals surface area contributed by atoms with Crippen LogP contribution in [-0.4, -0.2) is 13.7 Å². The summed E-state index contributed by atoms with van der Waals surface area (Å²) in [6.45, 7) is 2.80. The molecule has 0 bridgehead atoms. The normalized spacial score (nSPS) is 12.2. The fourth-order valence-electron chi connectivity index (χ4n) is 2.22. The lowest BCUT2D eigenvalue weighted by atomic mass is 9.98. The minimum Gasteiger partial charge on any atom is -0.496 e. The van der Waals surface area contributed by atoms with Gasteiger partial charge in [-0.25, -0.2) is 4.39 Å². The van der Waals surface area contributed by atoms with Crippen molar-refractivity contribution in [2.24, 2.45) is 0 Å². The molecule has 0 aliphatic rings. The fraction of sp³-hybridized carbons (Fsp3) is 0.250. The van der Waals surface area contributed by atoms with Crippen molar-refractivity contribution in [2.45, 2.75) is 13.0 Å². The molecule has 1 atom stereocenters. The van der Waals surface area contributed by atoms with Gasteiger partial charge in [-0.1, -0.05) is 25.1 Å². The van der Waals surface area contributed by atoms with Crippen LogP contribution >= 0.6 is 31.9 Å². The molecule has 0 fully saturated rings. The Bertz CT molecular complexity index is 634. The van der Waals surface area contributed by atoms with E-state index in [1.165, 1.54) is 6.07 Å². The lowest BCUT2D eigenvalue weighted by Gasteiger charge is -2.21. The van der Waals surface area contributed by atoms with Crippen molar-refractivity contribution in [2.75, 3.05) is 13.7 Å². The number of halogens is 3. The van der Waals surface area contributed by atoms with E-state index in [0.29, 0.717) is 4.47 Å². The van der Waals surface area contributed by atoms with E-state index in [9.17, 15) is 4.39 Å². The first-order valence-electron chi connectivity index (χ1n) is 6.59. The van der Waals surface area contributed by atoms with Crippen molar-refractivity contribution in [3.63, 3.8) is 0 Å². The van der Waals surface area contributed by atoms with Gasteiger partial charge in [0.25, 0.3) is 0 Å². The number of rotatable bonds is 5.